The van der Waals surface area contributed by atoms with Crippen LogP contribution in [0, 0.1) is 11.8 Å². The summed E-state index contributed by atoms with van der Waals surface area (Å²) < 4.78 is 5.64. The molecule has 0 aliphatic heterocycles. The van der Waals surface area contributed by atoms with Gasteiger partial charge in [0.15, 0.2) is 0 Å². The van der Waals surface area contributed by atoms with Crippen LogP contribution in [0.5, 0.6) is 0 Å². The van der Waals surface area contributed by atoms with E-state index in [0.717, 1.165) is 31.6 Å². The van der Waals surface area contributed by atoms with Crippen LogP contribution < -0.4 is 5.32 Å². The molecule has 16 heavy (non-hydrogen) atoms. The largest absolute Gasteiger partial charge is 0.380 e. The van der Waals surface area contributed by atoms with Crippen molar-refractivity contribution in [3.63, 3.8) is 0 Å². The van der Waals surface area contributed by atoms with Crippen molar-refractivity contribution in [3.05, 3.63) is 0 Å². The molecule has 0 saturated heterocycles. The molecule has 0 aromatic rings. The van der Waals surface area contributed by atoms with Crippen molar-refractivity contribution in [3.8, 4) is 0 Å². The zero-order valence-corrected chi connectivity index (χ0v) is 10.5. The van der Waals surface area contributed by atoms with Crippen LogP contribution in [0.3, 0.4) is 0 Å². The lowest BCUT2D eigenvalue weighted by Gasteiger charge is -2.24. The first kappa shape index (κ1) is 12.4. The van der Waals surface area contributed by atoms with Crippen LogP contribution in [0.15, 0.2) is 0 Å². The van der Waals surface area contributed by atoms with Crippen molar-refractivity contribution < 1.29 is 4.74 Å². The maximum Gasteiger partial charge on any atom is 0.0590 e. The molecule has 0 aromatic heterocycles. The van der Waals surface area contributed by atoms with E-state index in [9.17, 15) is 0 Å². The van der Waals surface area contributed by atoms with Gasteiger partial charge in [-0.2, -0.15) is 0 Å². The van der Waals surface area contributed by atoms with Crippen LogP contribution in [-0.2, 0) is 4.74 Å². The summed E-state index contributed by atoms with van der Waals surface area (Å²) in [6.45, 7) is 4.14. The highest BCUT2D eigenvalue weighted by Crippen LogP contribution is 2.29. The van der Waals surface area contributed by atoms with Gasteiger partial charge in [0.05, 0.1) is 6.61 Å². The zero-order valence-electron chi connectivity index (χ0n) is 10.5. The monoisotopic (exact) mass is 225 g/mol. The van der Waals surface area contributed by atoms with Crippen LogP contribution in [-0.4, -0.2) is 26.3 Å². The second kappa shape index (κ2) is 7.29. The molecule has 2 aliphatic carbocycles. The molecule has 2 aliphatic rings. The van der Waals surface area contributed by atoms with Crippen molar-refractivity contribution >= 4 is 0 Å². The molecule has 2 heteroatoms. The molecule has 94 valence electrons. The highest BCUT2D eigenvalue weighted by atomic mass is 16.5. The van der Waals surface area contributed by atoms with Gasteiger partial charge in [-0.1, -0.05) is 32.1 Å². The molecule has 0 spiro atoms. The Labute approximate surface area is 100 Å². The number of hydrogen-bond donors (Lipinski definition) is 1. The van der Waals surface area contributed by atoms with Crippen LogP contribution in [0.1, 0.15) is 51.4 Å². The van der Waals surface area contributed by atoms with Crippen molar-refractivity contribution in [1.29, 1.82) is 0 Å². The second-order valence-corrected chi connectivity index (χ2v) is 5.55. The molecule has 2 saturated carbocycles. The van der Waals surface area contributed by atoms with E-state index in [1.165, 1.54) is 57.9 Å². The summed E-state index contributed by atoms with van der Waals surface area (Å²) in [5, 5.41) is 3.52. The summed E-state index contributed by atoms with van der Waals surface area (Å²) in [6, 6.07) is 0. The maximum atomic E-state index is 5.64. The minimum absolute atomic E-state index is 0.902. The molecule has 0 aromatic carbocycles. The topological polar surface area (TPSA) is 21.3 Å². The predicted molar refractivity (Wildman–Crippen MR) is 67.6 cm³/mol. The van der Waals surface area contributed by atoms with Crippen molar-refractivity contribution in [1.82, 2.24) is 5.32 Å². The Kier molecular flexibility index (Phi) is 5.64. The first-order valence-corrected chi connectivity index (χ1v) is 7.23. The highest BCUT2D eigenvalue weighted by Gasteiger charge is 2.16. The maximum absolute atomic E-state index is 5.64. The SMILES string of the molecule is C1CC(CCOCCNCC2CCCC2)C1. The van der Waals surface area contributed by atoms with E-state index in [1.807, 2.05) is 0 Å². The molecule has 0 unspecified atom stereocenters. The minimum Gasteiger partial charge on any atom is -0.380 e. The Morgan fingerprint density at radius 2 is 1.62 bits per heavy atom. The molecule has 0 atom stereocenters. The van der Waals surface area contributed by atoms with Crippen LogP contribution >= 0.6 is 0 Å². The Hall–Kier alpha value is -0.0800. The fourth-order valence-corrected chi connectivity index (χ4v) is 2.80. The molecule has 0 heterocycles. The van der Waals surface area contributed by atoms with Gasteiger partial charge in [-0.3, -0.25) is 0 Å². The Bertz CT molecular complexity index is 174. The average Bonchev–Trinajstić information content (AvgIpc) is 2.72. The zero-order chi connectivity index (χ0) is 11.1. The van der Waals surface area contributed by atoms with Gasteiger partial charge in [-0.25, -0.2) is 0 Å². The van der Waals surface area contributed by atoms with Gasteiger partial charge in [0.2, 0.25) is 0 Å². The third kappa shape index (κ3) is 4.42. The van der Waals surface area contributed by atoms with E-state index in [-0.39, 0.29) is 0 Å². The summed E-state index contributed by atoms with van der Waals surface area (Å²) in [5.41, 5.74) is 0. The summed E-state index contributed by atoms with van der Waals surface area (Å²) in [6.07, 6.45) is 11.4. The molecular formula is C14H27NO. The molecule has 2 nitrogen and oxygen atoms in total. The van der Waals surface area contributed by atoms with Crippen LogP contribution in [0.2, 0.25) is 0 Å². The fourth-order valence-electron chi connectivity index (χ4n) is 2.80. The lowest BCUT2D eigenvalue weighted by atomic mass is 9.83. The third-order valence-corrected chi connectivity index (χ3v) is 4.23. The summed E-state index contributed by atoms with van der Waals surface area (Å²) in [7, 11) is 0. The lowest BCUT2D eigenvalue weighted by Crippen LogP contribution is -2.25. The number of ether oxygens (including phenoxy) is 1. The summed E-state index contributed by atoms with van der Waals surface area (Å²) in [4.78, 5) is 0. The smallest absolute Gasteiger partial charge is 0.0590 e. The van der Waals surface area contributed by atoms with Crippen LogP contribution in [0.4, 0.5) is 0 Å². The van der Waals surface area contributed by atoms with Crippen molar-refractivity contribution in [2.45, 2.75) is 51.4 Å². The van der Waals surface area contributed by atoms with Gasteiger partial charge >= 0.3 is 0 Å². The van der Waals surface area contributed by atoms with Crippen molar-refractivity contribution in [2.24, 2.45) is 11.8 Å². The van der Waals surface area contributed by atoms with E-state index < -0.39 is 0 Å². The summed E-state index contributed by atoms with van der Waals surface area (Å²) in [5.74, 6) is 1.95. The molecule has 2 fully saturated rings. The molecular weight excluding hydrogens is 198 g/mol. The van der Waals surface area contributed by atoms with E-state index in [1.54, 1.807) is 0 Å². The Morgan fingerprint density at radius 3 is 2.31 bits per heavy atom. The highest BCUT2D eigenvalue weighted by molar-refractivity contribution is 4.70. The quantitative estimate of drug-likeness (QED) is 0.641. The predicted octanol–water partition coefficient (Wildman–Crippen LogP) is 2.97. The molecule has 0 amide bonds. The van der Waals surface area contributed by atoms with E-state index >= 15 is 0 Å². The molecule has 0 radical (unpaired) electrons. The second-order valence-electron chi connectivity index (χ2n) is 5.55. The van der Waals surface area contributed by atoms with Gasteiger partial charge in [-0.05, 0) is 37.6 Å². The first-order valence-electron chi connectivity index (χ1n) is 7.23. The van der Waals surface area contributed by atoms with Crippen molar-refractivity contribution in [2.75, 3.05) is 26.3 Å². The van der Waals surface area contributed by atoms with Gasteiger partial charge in [0, 0.05) is 13.2 Å². The Balaban J connectivity index is 1.32. The normalized spacial score (nSPS) is 22.5. The van der Waals surface area contributed by atoms with E-state index in [0.29, 0.717) is 0 Å². The first-order chi connectivity index (χ1) is 7.95. The van der Waals surface area contributed by atoms with E-state index in [2.05, 4.69) is 5.32 Å². The number of rotatable bonds is 8. The standard InChI is InChI=1S/C14H27NO/c1-2-5-14(4-1)12-15-9-11-16-10-8-13-6-3-7-13/h13-15H,1-12H2. The van der Waals surface area contributed by atoms with E-state index in [4.69, 9.17) is 4.74 Å². The lowest BCUT2D eigenvalue weighted by molar-refractivity contribution is 0.108. The molecule has 0 bridgehead atoms. The third-order valence-electron chi connectivity index (χ3n) is 4.23. The van der Waals surface area contributed by atoms with Gasteiger partial charge in [0.25, 0.3) is 0 Å². The summed E-state index contributed by atoms with van der Waals surface area (Å²) >= 11 is 0. The molecule has 2 rings (SSSR count). The number of hydrogen-bond acceptors (Lipinski definition) is 2. The average molecular weight is 225 g/mol. The number of nitrogens with one attached hydrogen (secondary N) is 1. The fraction of sp³-hybridized carbons (Fsp3) is 1.00. The van der Waals surface area contributed by atoms with Crippen LogP contribution in [0.25, 0.3) is 0 Å². The minimum atomic E-state index is 0.902. The Morgan fingerprint density at radius 1 is 0.875 bits per heavy atom. The molecule has 1 N–H and O–H groups in total. The van der Waals surface area contributed by atoms with Gasteiger partial charge in [0.1, 0.15) is 0 Å². The van der Waals surface area contributed by atoms with Gasteiger partial charge in [-0.15, -0.1) is 0 Å². The van der Waals surface area contributed by atoms with Gasteiger partial charge < -0.3 is 10.1 Å².